The van der Waals surface area contributed by atoms with Gasteiger partial charge >= 0.3 is 0 Å². The van der Waals surface area contributed by atoms with Crippen molar-refractivity contribution in [3.8, 4) is 0 Å². The van der Waals surface area contributed by atoms with Crippen LogP contribution in [0.1, 0.15) is 24.6 Å². The Labute approximate surface area is 196 Å². The average Bonchev–Trinajstić information content (AvgIpc) is 3.32. The fraction of sp³-hybridized carbons (Fsp3) is 0.571. The zero-order valence-electron chi connectivity index (χ0n) is 18.2. The first kappa shape index (κ1) is 22.8. The summed E-state index contributed by atoms with van der Waals surface area (Å²) in [6.45, 7) is 5.90. The molecule has 2 aromatic rings. The highest BCUT2D eigenvalue weighted by atomic mass is 127. The minimum absolute atomic E-state index is 0.0159. The maximum Gasteiger partial charge on any atom is 0.264 e. The third-order valence-corrected chi connectivity index (χ3v) is 9.78. The minimum atomic E-state index is -3.15. The van der Waals surface area contributed by atoms with Gasteiger partial charge in [-0.15, -0.1) is 5.10 Å². The summed E-state index contributed by atoms with van der Waals surface area (Å²) in [5, 5.41) is 17.2. The number of amides is 1. The van der Waals surface area contributed by atoms with Crippen LogP contribution >= 0.6 is 22.6 Å². The molecule has 0 unspecified atom stereocenters. The van der Waals surface area contributed by atoms with E-state index in [0.29, 0.717) is 25.1 Å². The molecule has 1 N–H and O–H groups in total. The van der Waals surface area contributed by atoms with Gasteiger partial charge in [0.2, 0.25) is 8.41 Å². The number of carbonyl (C=O) groups excluding carboxylic acids is 1. The van der Waals surface area contributed by atoms with E-state index in [2.05, 4.69) is 32.9 Å². The van der Waals surface area contributed by atoms with Crippen LogP contribution in [-0.2, 0) is 28.1 Å². The Morgan fingerprint density at radius 3 is 2.81 bits per heavy atom. The fourth-order valence-electron chi connectivity index (χ4n) is 5.33. The zero-order chi connectivity index (χ0) is 22.6. The average molecular weight is 558 g/mol. The van der Waals surface area contributed by atoms with Gasteiger partial charge in [0.1, 0.15) is 0 Å². The molecule has 1 saturated heterocycles. The van der Waals surface area contributed by atoms with Crippen LogP contribution < -0.4 is 4.90 Å². The molecular formula is C21H28FIN4O3Si. The van der Waals surface area contributed by atoms with Crippen molar-refractivity contribution in [3.05, 3.63) is 39.2 Å². The second-order valence-electron chi connectivity index (χ2n) is 9.03. The van der Waals surface area contributed by atoms with Gasteiger partial charge in [0, 0.05) is 53.4 Å². The molecule has 7 nitrogen and oxygen atoms in total. The molecule has 4 rings (SSSR count). The lowest BCUT2D eigenvalue weighted by Crippen LogP contribution is -2.44. The summed E-state index contributed by atoms with van der Waals surface area (Å²) < 4.78 is 24.9. The van der Waals surface area contributed by atoms with E-state index in [-0.39, 0.29) is 24.0 Å². The van der Waals surface area contributed by atoms with Crippen molar-refractivity contribution in [1.82, 2.24) is 15.0 Å². The molecule has 0 radical (unpaired) electrons. The van der Waals surface area contributed by atoms with Crippen LogP contribution in [-0.4, -0.2) is 54.2 Å². The van der Waals surface area contributed by atoms with Crippen LogP contribution in [0.5, 0.6) is 0 Å². The number of aromatic nitrogens is 3. The summed E-state index contributed by atoms with van der Waals surface area (Å²) in [7, 11) is -1.39. The topological polar surface area (TPSA) is 80.5 Å². The summed E-state index contributed by atoms with van der Waals surface area (Å²) in [4.78, 5) is 15.2. The number of halogens is 2. The molecule has 2 aliphatic rings. The normalized spacial score (nSPS) is 28.0. The van der Waals surface area contributed by atoms with Crippen LogP contribution in [0.4, 0.5) is 9.80 Å². The van der Waals surface area contributed by atoms with E-state index in [9.17, 15) is 4.79 Å². The van der Waals surface area contributed by atoms with Gasteiger partial charge in [-0.25, -0.2) is 0 Å². The lowest BCUT2D eigenvalue weighted by atomic mass is 9.82. The van der Waals surface area contributed by atoms with Crippen molar-refractivity contribution in [3.63, 3.8) is 0 Å². The first-order chi connectivity index (χ1) is 14.6. The molecule has 3 heterocycles. The number of likely N-dealkylation sites (N-methyl/N-ethyl adjacent to an activating group) is 1. The van der Waals surface area contributed by atoms with Crippen molar-refractivity contribution in [2.45, 2.75) is 56.7 Å². The lowest BCUT2D eigenvalue weighted by molar-refractivity contribution is -0.145. The predicted molar refractivity (Wildman–Crippen MR) is 126 cm³/mol. The van der Waals surface area contributed by atoms with Gasteiger partial charge in [-0.3, -0.25) is 9.48 Å². The van der Waals surface area contributed by atoms with E-state index < -0.39 is 20.1 Å². The van der Waals surface area contributed by atoms with Crippen LogP contribution in [0.25, 0.3) is 0 Å². The molecule has 0 saturated carbocycles. The number of ether oxygens (including phenoxy) is 1. The third-order valence-electron chi connectivity index (χ3n) is 6.65. The monoisotopic (exact) mass is 558 g/mol. The van der Waals surface area contributed by atoms with E-state index in [1.807, 2.05) is 25.1 Å². The van der Waals surface area contributed by atoms with Gasteiger partial charge < -0.3 is 18.9 Å². The molecule has 31 heavy (non-hydrogen) atoms. The zero-order valence-corrected chi connectivity index (χ0v) is 21.3. The molecule has 10 heteroatoms. The van der Waals surface area contributed by atoms with Crippen LogP contribution in [0, 0.1) is 9.49 Å². The number of nitrogens with zero attached hydrogens (tertiary/aromatic N) is 4. The summed E-state index contributed by atoms with van der Waals surface area (Å²) in [6.07, 6.45) is 2.38. The first-order valence-corrected chi connectivity index (χ1v) is 14.6. The number of hydrogen-bond donors (Lipinski definition) is 1. The number of aryl methyl sites for hydroxylation is 1. The molecule has 2 aliphatic heterocycles. The molecule has 1 aromatic heterocycles. The highest BCUT2D eigenvalue weighted by molar-refractivity contribution is 14.1. The number of anilines is 1. The summed E-state index contributed by atoms with van der Waals surface area (Å²) in [5.41, 5.74) is 0.916. The largest absolute Gasteiger partial charge is 0.396 e. The highest BCUT2D eigenvalue weighted by Gasteiger charge is 2.66. The van der Waals surface area contributed by atoms with Crippen LogP contribution in [0.3, 0.4) is 0 Å². The summed E-state index contributed by atoms with van der Waals surface area (Å²) in [6, 6.07) is 5.91. The number of aliphatic hydroxyl groups excluding tert-OH is 1. The Bertz CT molecular complexity index is 997. The molecule has 168 valence electrons. The van der Waals surface area contributed by atoms with E-state index in [1.54, 1.807) is 35.9 Å². The van der Waals surface area contributed by atoms with Gasteiger partial charge in [0.05, 0.1) is 17.5 Å². The molecule has 1 spiro atoms. The van der Waals surface area contributed by atoms with Gasteiger partial charge in [0.15, 0.2) is 5.60 Å². The summed E-state index contributed by atoms with van der Waals surface area (Å²) in [5.74, 6) is -0.395. The highest BCUT2D eigenvalue weighted by Crippen LogP contribution is 2.60. The van der Waals surface area contributed by atoms with Crippen LogP contribution in [0.15, 0.2) is 24.4 Å². The number of aliphatic hydroxyl groups is 1. The smallest absolute Gasteiger partial charge is 0.264 e. The Hall–Kier alpha value is -1.37. The molecule has 1 aromatic carbocycles. The van der Waals surface area contributed by atoms with Crippen molar-refractivity contribution in [1.29, 1.82) is 0 Å². The number of fused-ring (bicyclic) bond motifs is 2. The first-order valence-electron chi connectivity index (χ1n) is 10.5. The SMILES string of the molecule is C[C@H]1[C@H]([Si](C)(C)F)[C@@H](CCn2cc(CCO)nn2)O[C@]12C(=O)N(C)c1ccc(I)cc12. The van der Waals surface area contributed by atoms with Crippen molar-refractivity contribution in [2.24, 2.45) is 5.92 Å². The predicted octanol–water partition coefficient (Wildman–Crippen LogP) is 3.26. The van der Waals surface area contributed by atoms with E-state index in [4.69, 9.17) is 9.84 Å². The van der Waals surface area contributed by atoms with Gasteiger partial charge in [-0.1, -0.05) is 12.1 Å². The minimum Gasteiger partial charge on any atom is -0.396 e. The number of carbonyl (C=O) groups is 1. The van der Waals surface area contributed by atoms with Crippen molar-refractivity contribution >= 4 is 42.6 Å². The van der Waals surface area contributed by atoms with E-state index in [0.717, 1.165) is 14.8 Å². The molecule has 0 aliphatic carbocycles. The molecule has 4 atom stereocenters. The second-order valence-corrected chi connectivity index (χ2v) is 14.1. The maximum atomic E-state index is 15.6. The molecule has 0 bridgehead atoms. The van der Waals surface area contributed by atoms with E-state index >= 15 is 4.11 Å². The fourth-order valence-corrected chi connectivity index (χ4v) is 8.37. The Kier molecular flexibility index (Phi) is 6.03. The third kappa shape index (κ3) is 3.74. The van der Waals surface area contributed by atoms with Gasteiger partial charge in [-0.05, 0) is 60.3 Å². The number of benzene rings is 1. The Balaban J connectivity index is 1.67. The van der Waals surface area contributed by atoms with Crippen molar-refractivity contribution < 1.29 is 18.7 Å². The van der Waals surface area contributed by atoms with Crippen molar-refractivity contribution in [2.75, 3.05) is 18.6 Å². The molecule has 1 amide bonds. The summed E-state index contributed by atoms with van der Waals surface area (Å²) >= 11 is 2.24. The maximum absolute atomic E-state index is 15.6. The Morgan fingerprint density at radius 2 is 2.13 bits per heavy atom. The second kappa shape index (κ2) is 8.20. The molecule has 1 fully saturated rings. The quantitative estimate of drug-likeness (QED) is 0.335. The Morgan fingerprint density at radius 1 is 1.39 bits per heavy atom. The molecular weight excluding hydrogens is 530 g/mol. The van der Waals surface area contributed by atoms with E-state index in [1.165, 1.54) is 0 Å². The van der Waals surface area contributed by atoms with Crippen LogP contribution in [0.2, 0.25) is 18.6 Å². The number of rotatable bonds is 6. The van der Waals surface area contributed by atoms with Gasteiger partial charge in [-0.2, -0.15) is 0 Å². The number of hydrogen-bond acceptors (Lipinski definition) is 5. The standard InChI is InChI=1S/C21H28FIN4O3Si/c1-13-19(31(3,4)22)18(7-9-27-12-15(8-10-28)24-25-27)30-21(13)16-11-14(23)5-6-17(16)26(2)20(21)29/h5-6,11-13,18-19,28H,7-10H2,1-4H3/t13-,18+,19-,21+/m0/s1. The lowest BCUT2D eigenvalue weighted by Gasteiger charge is -2.31. The van der Waals surface area contributed by atoms with Gasteiger partial charge in [0.25, 0.3) is 5.91 Å².